The van der Waals surface area contributed by atoms with E-state index in [1.165, 1.54) is 11.0 Å². The number of aromatic nitrogens is 1. The molecular weight excluding hydrogens is 330 g/mol. The van der Waals surface area contributed by atoms with Gasteiger partial charge in [0.25, 0.3) is 0 Å². The average molecular weight is 355 g/mol. The molecule has 2 saturated carbocycles. The first-order chi connectivity index (χ1) is 12.3. The minimum Gasteiger partial charge on any atom is -0.408 e. The van der Waals surface area contributed by atoms with E-state index in [9.17, 15) is 9.59 Å². The summed E-state index contributed by atoms with van der Waals surface area (Å²) in [5, 5.41) is 4.46. The number of hydrogen-bond acceptors (Lipinski definition) is 4. The highest BCUT2D eigenvalue weighted by atomic mass is 16.4. The number of oxazole rings is 1. The van der Waals surface area contributed by atoms with E-state index in [-0.39, 0.29) is 29.7 Å². The molecule has 1 N–H and O–H groups in total. The van der Waals surface area contributed by atoms with Gasteiger partial charge in [0.05, 0.1) is 5.52 Å². The number of benzene rings is 1. The van der Waals surface area contributed by atoms with E-state index in [1.807, 2.05) is 18.2 Å². The number of aryl methyl sites for hydroxylation is 1. The van der Waals surface area contributed by atoms with Crippen molar-refractivity contribution < 1.29 is 9.21 Å². The maximum Gasteiger partial charge on any atom is 0.419 e. The molecule has 6 heteroatoms. The SMILES string of the molecule is CC1(C)[C@H]2CC[C@@]1(C)/C(=N/NC(=O)CCn1c(=O)oc3ccccc31)C2. The summed E-state index contributed by atoms with van der Waals surface area (Å²) in [4.78, 5) is 24.2. The summed E-state index contributed by atoms with van der Waals surface area (Å²) < 4.78 is 6.68. The zero-order valence-electron chi connectivity index (χ0n) is 15.5. The smallest absolute Gasteiger partial charge is 0.408 e. The van der Waals surface area contributed by atoms with E-state index in [0.29, 0.717) is 17.0 Å². The number of nitrogens with one attached hydrogen (secondary N) is 1. The molecule has 2 aromatic rings. The lowest BCUT2D eigenvalue weighted by molar-refractivity contribution is -0.121. The highest BCUT2D eigenvalue weighted by Gasteiger charge is 2.59. The molecule has 26 heavy (non-hydrogen) atoms. The monoisotopic (exact) mass is 355 g/mol. The summed E-state index contributed by atoms with van der Waals surface area (Å²) >= 11 is 0. The number of rotatable bonds is 4. The second kappa shape index (κ2) is 5.83. The molecule has 0 aliphatic heterocycles. The molecule has 2 bridgehead atoms. The van der Waals surface area contributed by atoms with Gasteiger partial charge in [-0.1, -0.05) is 32.9 Å². The molecule has 4 rings (SSSR count). The normalized spacial score (nSPS) is 28.1. The van der Waals surface area contributed by atoms with Crippen LogP contribution < -0.4 is 11.2 Å². The van der Waals surface area contributed by atoms with Gasteiger partial charge in [-0.15, -0.1) is 0 Å². The van der Waals surface area contributed by atoms with E-state index in [0.717, 1.165) is 18.6 Å². The van der Waals surface area contributed by atoms with Crippen LogP contribution in [0, 0.1) is 16.7 Å². The van der Waals surface area contributed by atoms with Crippen LogP contribution in [0.25, 0.3) is 11.1 Å². The van der Waals surface area contributed by atoms with Crippen LogP contribution in [0.1, 0.15) is 46.5 Å². The molecule has 1 amide bonds. The predicted molar refractivity (Wildman–Crippen MR) is 99.9 cm³/mol. The van der Waals surface area contributed by atoms with Crippen LogP contribution in [0.15, 0.2) is 38.6 Å². The second-order valence-corrected chi connectivity index (χ2v) is 8.32. The molecule has 6 nitrogen and oxygen atoms in total. The second-order valence-electron chi connectivity index (χ2n) is 8.32. The van der Waals surface area contributed by atoms with Crippen LogP contribution >= 0.6 is 0 Å². The van der Waals surface area contributed by atoms with Crippen molar-refractivity contribution in [3.05, 3.63) is 34.8 Å². The number of hydrazone groups is 1. The lowest BCUT2D eigenvalue weighted by atomic mass is 9.70. The third-order valence-corrected chi connectivity index (χ3v) is 6.96. The number of nitrogens with zero attached hydrogens (tertiary/aromatic N) is 2. The first kappa shape index (κ1) is 17.1. The molecule has 2 atom stereocenters. The maximum absolute atomic E-state index is 12.3. The highest BCUT2D eigenvalue weighted by molar-refractivity contribution is 5.95. The first-order valence-electron chi connectivity index (χ1n) is 9.27. The minimum absolute atomic E-state index is 0.0721. The Hall–Kier alpha value is -2.37. The van der Waals surface area contributed by atoms with Crippen LogP contribution in [0.3, 0.4) is 0 Å². The summed E-state index contributed by atoms with van der Waals surface area (Å²) in [6.45, 7) is 7.16. The molecule has 1 aromatic heterocycles. The summed E-state index contributed by atoms with van der Waals surface area (Å²) in [5.41, 5.74) is 5.37. The zero-order chi connectivity index (χ0) is 18.5. The van der Waals surface area contributed by atoms with Gasteiger partial charge in [-0.25, -0.2) is 10.2 Å². The molecule has 138 valence electrons. The molecule has 0 unspecified atom stereocenters. The first-order valence-corrected chi connectivity index (χ1v) is 9.27. The topological polar surface area (TPSA) is 76.6 Å². The van der Waals surface area contributed by atoms with Gasteiger partial charge in [-0.05, 0) is 42.7 Å². The summed E-state index contributed by atoms with van der Waals surface area (Å²) in [7, 11) is 0. The lowest BCUT2D eigenvalue weighted by Crippen LogP contribution is -2.34. The van der Waals surface area contributed by atoms with Gasteiger partial charge >= 0.3 is 5.76 Å². The Morgan fingerprint density at radius 2 is 2.12 bits per heavy atom. The Morgan fingerprint density at radius 3 is 2.81 bits per heavy atom. The molecule has 1 aromatic carbocycles. The summed E-state index contributed by atoms with van der Waals surface area (Å²) in [6.07, 6.45) is 3.53. The van der Waals surface area contributed by atoms with Crippen LogP contribution in [0.2, 0.25) is 0 Å². The van der Waals surface area contributed by atoms with Crippen LogP contribution in [-0.2, 0) is 11.3 Å². The Labute approximate surface area is 152 Å². The Morgan fingerprint density at radius 1 is 1.35 bits per heavy atom. The van der Waals surface area contributed by atoms with E-state index >= 15 is 0 Å². The molecule has 2 aliphatic carbocycles. The third kappa shape index (κ3) is 2.42. The van der Waals surface area contributed by atoms with Crippen molar-refractivity contribution in [2.24, 2.45) is 21.8 Å². The Balaban J connectivity index is 1.42. The number of amides is 1. The summed E-state index contributed by atoms with van der Waals surface area (Å²) in [5.74, 6) is 0.0329. The number of hydrogen-bond donors (Lipinski definition) is 1. The quantitative estimate of drug-likeness (QED) is 0.855. The summed E-state index contributed by atoms with van der Waals surface area (Å²) in [6, 6.07) is 7.22. The van der Waals surface area contributed by atoms with Crippen LogP contribution in [0.5, 0.6) is 0 Å². The van der Waals surface area contributed by atoms with E-state index < -0.39 is 5.76 Å². The lowest BCUT2D eigenvalue weighted by Gasteiger charge is -2.34. The third-order valence-electron chi connectivity index (χ3n) is 6.96. The minimum atomic E-state index is -0.437. The Kier molecular flexibility index (Phi) is 3.82. The molecule has 0 saturated heterocycles. The van der Waals surface area contributed by atoms with Crippen molar-refractivity contribution in [3.63, 3.8) is 0 Å². The zero-order valence-corrected chi connectivity index (χ0v) is 15.5. The van der Waals surface area contributed by atoms with Crippen molar-refractivity contribution >= 4 is 22.7 Å². The van der Waals surface area contributed by atoms with Gasteiger partial charge in [-0.2, -0.15) is 5.10 Å². The molecule has 2 aliphatic rings. The largest absolute Gasteiger partial charge is 0.419 e. The van der Waals surface area contributed by atoms with Crippen molar-refractivity contribution in [2.75, 3.05) is 0 Å². The molecule has 2 fully saturated rings. The fourth-order valence-corrected chi connectivity index (χ4v) is 4.72. The number of carbonyl (C=O) groups excluding carboxylic acids is 1. The van der Waals surface area contributed by atoms with Gasteiger partial charge in [0.15, 0.2) is 5.58 Å². The van der Waals surface area contributed by atoms with Crippen molar-refractivity contribution in [1.82, 2.24) is 9.99 Å². The molecular formula is C20H25N3O3. The molecule has 1 heterocycles. The van der Waals surface area contributed by atoms with Crippen molar-refractivity contribution in [1.29, 1.82) is 0 Å². The Bertz CT molecular complexity index is 953. The van der Waals surface area contributed by atoms with Crippen molar-refractivity contribution in [3.8, 4) is 0 Å². The average Bonchev–Trinajstić information content (AvgIpc) is 3.11. The van der Waals surface area contributed by atoms with Crippen molar-refractivity contribution in [2.45, 2.75) is 53.0 Å². The fourth-order valence-electron chi connectivity index (χ4n) is 4.72. The van der Waals surface area contributed by atoms with Crippen LogP contribution in [0.4, 0.5) is 0 Å². The fraction of sp³-hybridized carbons (Fsp3) is 0.550. The highest BCUT2D eigenvalue weighted by Crippen LogP contribution is 2.63. The molecule has 0 radical (unpaired) electrons. The van der Waals surface area contributed by atoms with Gasteiger partial charge < -0.3 is 4.42 Å². The number of carbonyl (C=O) groups is 1. The van der Waals surface area contributed by atoms with E-state index in [4.69, 9.17) is 4.42 Å². The maximum atomic E-state index is 12.3. The number of para-hydroxylation sites is 2. The van der Waals surface area contributed by atoms with E-state index in [1.54, 1.807) is 6.07 Å². The standard InChI is InChI=1S/C20H25N3O3/c1-19(2)13-8-10-20(19,3)16(12-13)21-22-17(24)9-11-23-14-6-4-5-7-15(14)26-18(23)25/h4-7,13H,8-12H2,1-3H3,(H,22,24)/b21-16+/t13-,20-/m0/s1. The van der Waals surface area contributed by atoms with E-state index in [2.05, 4.69) is 31.3 Å². The number of fused-ring (bicyclic) bond motifs is 3. The molecule has 0 spiro atoms. The van der Waals surface area contributed by atoms with Gasteiger partial charge in [0, 0.05) is 24.1 Å². The van der Waals surface area contributed by atoms with Gasteiger partial charge in [0.2, 0.25) is 5.91 Å². The van der Waals surface area contributed by atoms with Gasteiger partial charge in [-0.3, -0.25) is 9.36 Å². The predicted octanol–water partition coefficient (Wildman–Crippen LogP) is 3.30. The van der Waals surface area contributed by atoms with Crippen LogP contribution in [-0.4, -0.2) is 16.2 Å². The van der Waals surface area contributed by atoms with Gasteiger partial charge in [0.1, 0.15) is 0 Å².